The van der Waals surface area contributed by atoms with Gasteiger partial charge in [-0.1, -0.05) is 57.9 Å². The average molecular weight is 451 g/mol. The minimum atomic E-state index is -0.367. The first-order valence-electron chi connectivity index (χ1n) is 9.13. The molecular formula is C22H19BrN4O2. The van der Waals surface area contributed by atoms with Crippen LogP contribution in [0.5, 0.6) is 0 Å². The van der Waals surface area contributed by atoms with Gasteiger partial charge in [0.1, 0.15) is 5.71 Å². The molecule has 3 aromatic rings. The molecular weight excluding hydrogens is 432 g/mol. The number of nitrogens with zero attached hydrogens (tertiary/aromatic N) is 4. The second-order valence-corrected chi connectivity index (χ2v) is 7.99. The molecule has 0 amide bonds. The zero-order chi connectivity index (χ0) is 20.7. The molecule has 0 saturated heterocycles. The molecule has 0 bridgehead atoms. The third-order valence-corrected chi connectivity index (χ3v) is 5.66. The lowest BCUT2D eigenvalue weighted by atomic mass is 9.97. The number of aryl methyl sites for hydroxylation is 1. The van der Waals surface area contributed by atoms with Crippen molar-refractivity contribution in [2.24, 2.45) is 24.3 Å². The van der Waals surface area contributed by atoms with Crippen molar-refractivity contribution < 1.29 is 0 Å². The Bertz CT molecular complexity index is 1280. The van der Waals surface area contributed by atoms with Gasteiger partial charge in [-0.15, -0.1) is 5.10 Å². The van der Waals surface area contributed by atoms with E-state index in [0.29, 0.717) is 29.1 Å². The normalized spacial score (nSPS) is 13.4. The average Bonchev–Trinajstić information content (AvgIpc) is 2.92. The van der Waals surface area contributed by atoms with Crippen molar-refractivity contribution >= 4 is 27.4 Å². The Morgan fingerprint density at radius 3 is 2.14 bits per heavy atom. The Morgan fingerprint density at radius 1 is 0.862 bits per heavy atom. The molecule has 146 valence electrons. The zero-order valence-electron chi connectivity index (χ0n) is 16.3. The van der Waals surface area contributed by atoms with Crippen LogP contribution in [0.4, 0.5) is 0 Å². The molecule has 2 aromatic carbocycles. The predicted molar refractivity (Wildman–Crippen MR) is 118 cm³/mol. The van der Waals surface area contributed by atoms with Crippen LogP contribution >= 0.6 is 15.9 Å². The van der Waals surface area contributed by atoms with Crippen LogP contribution in [0.3, 0.4) is 0 Å². The quantitative estimate of drug-likeness (QED) is 0.602. The molecule has 6 nitrogen and oxygen atoms in total. The molecule has 0 aliphatic carbocycles. The Morgan fingerprint density at radius 2 is 1.48 bits per heavy atom. The highest BCUT2D eigenvalue weighted by atomic mass is 79.9. The van der Waals surface area contributed by atoms with Crippen molar-refractivity contribution in [1.29, 1.82) is 0 Å². The Kier molecular flexibility index (Phi) is 4.92. The van der Waals surface area contributed by atoms with E-state index in [1.807, 2.05) is 55.5 Å². The minimum Gasteiger partial charge on any atom is -0.300 e. The SMILES string of the molecule is Cc1ccc(C2=NN=C(c3ccc(Br)cc3)Cc3c2c(=O)n(C)c(=O)n3C)cc1. The summed E-state index contributed by atoms with van der Waals surface area (Å²) < 4.78 is 3.59. The molecule has 0 radical (unpaired) electrons. The smallest absolute Gasteiger partial charge is 0.300 e. The van der Waals surface area contributed by atoms with Crippen LogP contribution in [0.15, 0.2) is 72.8 Å². The Hall–Kier alpha value is -3.06. The summed E-state index contributed by atoms with van der Waals surface area (Å²) in [6.45, 7) is 2.00. The van der Waals surface area contributed by atoms with Crippen LogP contribution in [0.2, 0.25) is 0 Å². The zero-order valence-corrected chi connectivity index (χ0v) is 17.9. The van der Waals surface area contributed by atoms with E-state index >= 15 is 0 Å². The highest BCUT2D eigenvalue weighted by Crippen LogP contribution is 2.20. The Balaban J connectivity index is 2.01. The lowest BCUT2D eigenvalue weighted by Gasteiger charge is -2.15. The number of rotatable bonds is 2. The van der Waals surface area contributed by atoms with Gasteiger partial charge in [0, 0.05) is 36.2 Å². The van der Waals surface area contributed by atoms with E-state index in [2.05, 4.69) is 26.1 Å². The molecule has 1 aromatic heterocycles. The highest BCUT2D eigenvalue weighted by Gasteiger charge is 2.25. The fraction of sp³-hybridized carbons (Fsp3) is 0.182. The third-order valence-electron chi connectivity index (χ3n) is 5.13. The predicted octanol–water partition coefficient (Wildman–Crippen LogP) is 2.95. The number of halogens is 1. The molecule has 0 fully saturated rings. The summed E-state index contributed by atoms with van der Waals surface area (Å²) in [5.41, 5.74) is 4.24. The monoisotopic (exact) mass is 450 g/mol. The van der Waals surface area contributed by atoms with Gasteiger partial charge in [0.25, 0.3) is 5.56 Å². The third kappa shape index (κ3) is 3.42. The van der Waals surface area contributed by atoms with E-state index in [1.165, 1.54) is 11.6 Å². The van der Waals surface area contributed by atoms with E-state index in [0.717, 1.165) is 25.7 Å². The van der Waals surface area contributed by atoms with Gasteiger partial charge in [-0.05, 0) is 24.6 Å². The molecule has 0 spiro atoms. The van der Waals surface area contributed by atoms with Crippen LogP contribution in [0.1, 0.15) is 27.9 Å². The standard InChI is InChI=1S/C22H19BrN4O2/c1-13-4-6-15(7-5-13)20-19-18(26(2)22(29)27(3)21(19)28)12-17(24-25-20)14-8-10-16(23)11-9-14/h4-11H,12H2,1-3H3. The van der Waals surface area contributed by atoms with Gasteiger partial charge < -0.3 is 0 Å². The molecule has 1 aliphatic rings. The van der Waals surface area contributed by atoms with Crippen LogP contribution in [0.25, 0.3) is 0 Å². The molecule has 0 atom stereocenters. The first kappa shape index (κ1) is 19.3. The van der Waals surface area contributed by atoms with Crippen LogP contribution < -0.4 is 11.2 Å². The highest BCUT2D eigenvalue weighted by molar-refractivity contribution is 9.10. The number of benzene rings is 2. The molecule has 29 heavy (non-hydrogen) atoms. The number of aromatic nitrogens is 2. The molecule has 0 saturated carbocycles. The van der Waals surface area contributed by atoms with Gasteiger partial charge in [0.05, 0.1) is 11.3 Å². The van der Waals surface area contributed by atoms with Crippen LogP contribution in [-0.4, -0.2) is 20.6 Å². The van der Waals surface area contributed by atoms with E-state index in [-0.39, 0.29) is 11.2 Å². The first-order valence-corrected chi connectivity index (χ1v) is 9.93. The maximum Gasteiger partial charge on any atom is 0.330 e. The van der Waals surface area contributed by atoms with E-state index < -0.39 is 0 Å². The van der Waals surface area contributed by atoms with Gasteiger partial charge in [0.2, 0.25) is 0 Å². The minimum absolute atomic E-state index is 0.331. The molecule has 0 N–H and O–H groups in total. The fourth-order valence-electron chi connectivity index (χ4n) is 3.40. The summed E-state index contributed by atoms with van der Waals surface area (Å²) in [5.74, 6) is 0. The maximum atomic E-state index is 13.1. The second kappa shape index (κ2) is 7.40. The molecule has 1 aliphatic heterocycles. The van der Waals surface area contributed by atoms with Crippen molar-refractivity contribution in [3.8, 4) is 0 Å². The molecule has 2 heterocycles. The number of hydrogen-bond acceptors (Lipinski definition) is 4. The lowest BCUT2D eigenvalue weighted by molar-refractivity contribution is 0.660. The first-order chi connectivity index (χ1) is 13.9. The second-order valence-electron chi connectivity index (χ2n) is 7.07. The van der Waals surface area contributed by atoms with E-state index in [1.54, 1.807) is 7.05 Å². The topological polar surface area (TPSA) is 68.7 Å². The van der Waals surface area contributed by atoms with Crippen molar-refractivity contribution in [2.45, 2.75) is 13.3 Å². The van der Waals surface area contributed by atoms with Gasteiger partial charge >= 0.3 is 5.69 Å². The summed E-state index contributed by atoms with van der Waals surface area (Å²) >= 11 is 3.44. The summed E-state index contributed by atoms with van der Waals surface area (Å²) in [4.78, 5) is 25.7. The van der Waals surface area contributed by atoms with Gasteiger partial charge in [0.15, 0.2) is 0 Å². The summed E-state index contributed by atoms with van der Waals surface area (Å²) in [6.07, 6.45) is 0.331. The van der Waals surface area contributed by atoms with Crippen molar-refractivity contribution in [2.75, 3.05) is 0 Å². The summed E-state index contributed by atoms with van der Waals surface area (Å²) in [7, 11) is 3.16. The summed E-state index contributed by atoms with van der Waals surface area (Å²) in [6, 6.07) is 15.5. The molecule has 0 unspecified atom stereocenters. The number of hydrogen-bond donors (Lipinski definition) is 0. The number of fused-ring (bicyclic) bond motifs is 1. The van der Waals surface area contributed by atoms with E-state index in [9.17, 15) is 9.59 Å². The molecule has 7 heteroatoms. The lowest BCUT2D eigenvalue weighted by Crippen LogP contribution is -2.42. The Labute approximate surface area is 176 Å². The van der Waals surface area contributed by atoms with Crippen molar-refractivity contribution in [3.63, 3.8) is 0 Å². The van der Waals surface area contributed by atoms with Crippen LogP contribution in [0, 0.1) is 6.92 Å². The summed E-state index contributed by atoms with van der Waals surface area (Å²) in [5, 5.41) is 8.97. The van der Waals surface area contributed by atoms with Gasteiger partial charge in [-0.2, -0.15) is 5.10 Å². The van der Waals surface area contributed by atoms with Crippen molar-refractivity contribution in [1.82, 2.24) is 9.13 Å². The van der Waals surface area contributed by atoms with Gasteiger partial charge in [-0.25, -0.2) is 4.79 Å². The molecule has 4 rings (SSSR count). The largest absolute Gasteiger partial charge is 0.330 e. The van der Waals surface area contributed by atoms with E-state index in [4.69, 9.17) is 0 Å². The maximum absolute atomic E-state index is 13.1. The fourth-order valence-corrected chi connectivity index (χ4v) is 3.67. The van der Waals surface area contributed by atoms with Crippen LogP contribution in [-0.2, 0) is 20.5 Å². The van der Waals surface area contributed by atoms with Gasteiger partial charge in [-0.3, -0.25) is 13.9 Å². The van der Waals surface area contributed by atoms with Crippen molar-refractivity contribution in [3.05, 3.63) is 102 Å².